The summed E-state index contributed by atoms with van der Waals surface area (Å²) >= 11 is 0. The molecule has 0 spiro atoms. The molecule has 0 aliphatic heterocycles. The van der Waals surface area contributed by atoms with Gasteiger partial charge in [-0.15, -0.1) is 0 Å². The second-order valence-electron chi connectivity index (χ2n) is 10.1. The predicted molar refractivity (Wildman–Crippen MR) is 159 cm³/mol. The molecule has 0 amide bonds. The highest BCUT2D eigenvalue weighted by Gasteiger charge is 2.22. The van der Waals surface area contributed by atoms with Gasteiger partial charge in [-0.25, -0.2) is 4.79 Å². The van der Waals surface area contributed by atoms with E-state index in [-0.39, 0.29) is 5.97 Å². The van der Waals surface area contributed by atoms with Crippen molar-refractivity contribution in [2.75, 3.05) is 6.61 Å². The number of ether oxygens (including phenoxy) is 2. The highest BCUT2D eigenvalue weighted by molar-refractivity contribution is 5.75. The Morgan fingerprint density at radius 3 is 2.08 bits per heavy atom. The fraction of sp³-hybridized carbons (Fsp3) is 0.343. The molecule has 1 atom stereocenters. The van der Waals surface area contributed by atoms with Crippen LogP contribution in [-0.2, 0) is 35.3 Å². The number of aryl methyl sites for hydroxylation is 3. The first kappa shape index (κ1) is 28.2. The number of carbonyl (C=O) groups is 1. The van der Waals surface area contributed by atoms with Crippen molar-refractivity contribution in [3.63, 3.8) is 0 Å². The first-order valence-electron chi connectivity index (χ1n) is 14.3. The van der Waals surface area contributed by atoms with Gasteiger partial charge in [0.25, 0.3) is 0 Å². The van der Waals surface area contributed by atoms with Gasteiger partial charge in [0.05, 0.1) is 6.61 Å². The molecule has 0 unspecified atom stereocenters. The van der Waals surface area contributed by atoms with Gasteiger partial charge in [0.2, 0.25) is 0 Å². The van der Waals surface area contributed by atoms with Crippen LogP contribution < -0.4 is 4.74 Å². The van der Waals surface area contributed by atoms with Crippen LogP contribution in [0.25, 0.3) is 11.3 Å². The number of hydrogen-bond donors (Lipinski definition) is 0. The molecule has 0 N–H and O–H groups in total. The maximum atomic E-state index is 12.6. The second-order valence-corrected chi connectivity index (χ2v) is 10.1. The lowest BCUT2D eigenvalue weighted by atomic mass is 10.0. The van der Waals surface area contributed by atoms with Crippen molar-refractivity contribution in [3.8, 4) is 17.0 Å². The van der Waals surface area contributed by atoms with E-state index >= 15 is 0 Å². The van der Waals surface area contributed by atoms with Gasteiger partial charge in [0.1, 0.15) is 5.75 Å². The topological polar surface area (TPSA) is 40.5 Å². The van der Waals surface area contributed by atoms with E-state index in [1.165, 1.54) is 41.8 Å². The van der Waals surface area contributed by atoms with Crippen LogP contribution in [0.1, 0.15) is 55.5 Å². The number of nitrogens with zero attached hydrogens (tertiary/aromatic N) is 1. The predicted octanol–water partition coefficient (Wildman–Crippen LogP) is 7.99. The van der Waals surface area contributed by atoms with E-state index in [0.717, 1.165) is 30.5 Å². The quantitative estimate of drug-likeness (QED) is 0.157. The SMILES string of the molecule is CCCCc1ccc(CCCn2c(C)ccc2-c2ccc(O[C@H](Cc3ccccc3)C(=O)OCC)cc2)cc1. The first-order chi connectivity index (χ1) is 19.1. The zero-order chi connectivity index (χ0) is 27.5. The molecule has 1 aromatic heterocycles. The first-order valence-corrected chi connectivity index (χ1v) is 14.3. The Morgan fingerprint density at radius 1 is 0.769 bits per heavy atom. The molecule has 4 aromatic rings. The van der Waals surface area contributed by atoms with Gasteiger partial charge in [0.15, 0.2) is 6.10 Å². The third-order valence-corrected chi connectivity index (χ3v) is 7.13. The number of unbranched alkanes of at least 4 members (excludes halogenated alkanes) is 1. The van der Waals surface area contributed by atoms with Crippen molar-refractivity contribution in [3.05, 3.63) is 113 Å². The summed E-state index contributed by atoms with van der Waals surface area (Å²) in [5.74, 6) is 0.315. The summed E-state index contributed by atoms with van der Waals surface area (Å²) in [6.45, 7) is 7.51. The Balaban J connectivity index is 1.39. The molecule has 0 bridgehead atoms. The normalized spacial score (nSPS) is 11.8. The lowest BCUT2D eigenvalue weighted by Crippen LogP contribution is -2.31. The number of esters is 1. The van der Waals surface area contributed by atoms with E-state index in [9.17, 15) is 4.79 Å². The molecule has 0 saturated carbocycles. The average Bonchev–Trinajstić information content (AvgIpc) is 3.33. The van der Waals surface area contributed by atoms with Crippen LogP contribution in [0, 0.1) is 6.92 Å². The van der Waals surface area contributed by atoms with Crippen LogP contribution in [0.5, 0.6) is 5.75 Å². The van der Waals surface area contributed by atoms with Crippen LogP contribution in [0.3, 0.4) is 0 Å². The Bertz CT molecular complexity index is 1290. The largest absolute Gasteiger partial charge is 0.478 e. The van der Waals surface area contributed by atoms with Gasteiger partial charge in [-0.3, -0.25) is 0 Å². The molecule has 4 nitrogen and oxygen atoms in total. The van der Waals surface area contributed by atoms with Crippen LogP contribution in [-0.4, -0.2) is 23.2 Å². The highest BCUT2D eigenvalue weighted by Crippen LogP contribution is 2.26. The smallest absolute Gasteiger partial charge is 0.347 e. The molecular formula is C35H41NO3. The number of hydrogen-bond acceptors (Lipinski definition) is 3. The molecule has 0 radical (unpaired) electrons. The average molecular weight is 524 g/mol. The van der Waals surface area contributed by atoms with E-state index in [4.69, 9.17) is 9.47 Å². The Kier molecular flexibility index (Phi) is 10.4. The molecule has 4 heteroatoms. The summed E-state index contributed by atoms with van der Waals surface area (Å²) in [4.78, 5) is 12.6. The third kappa shape index (κ3) is 8.10. The fourth-order valence-corrected chi connectivity index (χ4v) is 4.92. The van der Waals surface area contributed by atoms with E-state index in [2.05, 4.69) is 66.9 Å². The van der Waals surface area contributed by atoms with Gasteiger partial charge in [-0.2, -0.15) is 0 Å². The second kappa shape index (κ2) is 14.4. The molecule has 3 aromatic carbocycles. The molecule has 0 saturated heterocycles. The zero-order valence-electron chi connectivity index (χ0n) is 23.6. The summed E-state index contributed by atoms with van der Waals surface area (Å²) in [7, 11) is 0. The van der Waals surface area contributed by atoms with Crippen LogP contribution in [0.4, 0.5) is 0 Å². The Labute approximate surface area is 233 Å². The van der Waals surface area contributed by atoms with Crippen molar-refractivity contribution < 1.29 is 14.3 Å². The molecule has 1 heterocycles. The van der Waals surface area contributed by atoms with Gasteiger partial charge < -0.3 is 14.0 Å². The maximum absolute atomic E-state index is 12.6. The monoisotopic (exact) mass is 523 g/mol. The molecule has 0 aliphatic rings. The van der Waals surface area contributed by atoms with E-state index in [1.54, 1.807) is 0 Å². The van der Waals surface area contributed by atoms with E-state index in [0.29, 0.717) is 18.8 Å². The van der Waals surface area contributed by atoms with Gasteiger partial charge in [-0.1, -0.05) is 67.9 Å². The number of benzene rings is 3. The summed E-state index contributed by atoms with van der Waals surface area (Å²) < 4.78 is 13.8. The number of rotatable bonds is 14. The molecule has 4 rings (SSSR count). The minimum Gasteiger partial charge on any atom is -0.478 e. The number of carbonyl (C=O) groups excluding carboxylic acids is 1. The summed E-state index contributed by atoms with van der Waals surface area (Å²) in [6.07, 6.45) is 5.58. The highest BCUT2D eigenvalue weighted by atomic mass is 16.6. The summed E-state index contributed by atoms with van der Waals surface area (Å²) in [6, 6.07) is 31.4. The van der Waals surface area contributed by atoms with E-state index < -0.39 is 6.10 Å². The molecule has 0 fully saturated rings. The van der Waals surface area contributed by atoms with Crippen molar-refractivity contribution in [2.45, 2.75) is 71.9 Å². The number of aromatic nitrogens is 1. The minimum absolute atomic E-state index is 0.326. The summed E-state index contributed by atoms with van der Waals surface area (Å²) in [5, 5.41) is 0. The van der Waals surface area contributed by atoms with Crippen molar-refractivity contribution in [1.82, 2.24) is 4.57 Å². The Hall–Kier alpha value is -3.79. The van der Waals surface area contributed by atoms with E-state index in [1.807, 2.05) is 49.4 Å². The fourth-order valence-electron chi connectivity index (χ4n) is 4.92. The van der Waals surface area contributed by atoms with Crippen molar-refractivity contribution in [1.29, 1.82) is 0 Å². The van der Waals surface area contributed by atoms with Gasteiger partial charge in [-0.05, 0) is 98.2 Å². The molecular weight excluding hydrogens is 482 g/mol. The van der Waals surface area contributed by atoms with Crippen molar-refractivity contribution in [2.24, 2.45) is 0 Å². The van der Waals surface area contributed by atoms with Crippen LogP contribution >= 0.6 is 0 Å². The van der Waals surface area contributed by atoms with Crippen LogP contribution in [0.2, 0.25) is 0 Å². The lowest BCUT2D eigenvalue weighted by Gasteiger charge is -2.18. The molecule has 39 heavy (non-hydrogen) atoms. The minimum atomic E-state index is -0.690. The molecule has 204 valence electrons. The van der Waals surface area contributed by atoms with Crippen molar-refractivity contribution >= 4 is 5.97 Å². The molecule has 0 aliphatic carbocycles. The zero-order valence-corrected chi connectivity index (χ0v) is 23.6. The van der Waals surface area contributed by atoms with Gasteiger partial charge in [0, 0.05) is 24.4 Å². The standard InChI is InChI=1S/C35H41NO3/c1-4-6-11-28-16-18-29(19-17-28)14-10-25-36-27(3)15-24-33(36)31-20-22-32(23-21-31)39-34(35(37)38-5-2)26-30-12-8-7-9-13-30/h7-9,12-13,15-24,34H,4-6,10-11,14,25-26H2,1-3H3/t34-/m1/s1. The maximum Gasteiger partial charge on any atom is 0.347 e. The lowest BCUT2D eigenvalue weighted by molar-refractivity contribution is -0.151. The summed E-state index contributed by atoms with van der Waals surface area (Å²) in [5.41, 5.74) is 7.45. The third-order valence-electron chi connectivity index (χ3n) is 7.13. The Morgan fingerprint density at radius 2 is 1.44 bits per heavy atom. The van der Waals surface area contributed by atoms with Gasteiger partial charge >= 0.3 is 5.97 Å². The van der Waals surface area contributed by atoms with Crippen LogP contribution in [0.15, 0.2) is 91.0 Å².